The maximum Gasteiger partial charge on any atom is 0.0618 e. The van der Waals surface area contributed by atoms with Crippen molar-refractivity contribution in [3.8, 4) is 0 Å². The molecule has 1 rings (SSSR count). The molecular formula is C13H27NO. The molecule has 0 bridgehead atoms. The van der Waals surface area contributed by atoms with Crippen molar-refractivity contribution < 1.29 is 4.74 Å². The quantitative estimate of drug-likeness (QED) is 0.657. The van der Waals surface area contributed by atoms with E-state index in [2.05, 4.69) is 26.1 Å². The molecule has 1 N–H and O–H groups in total. The highest BCUT2D eigenvalue weighted by Crippen LogP contribution is 2.32. The Balaban J connectivity index is 2.06. The summed E-state index contributed by atoms with van der Waals surface area (Å²) >= 11 is 0. The van der Waals surface area contributed by atoms with E-state index < -0.39 is 0 Å². The lowest BCUT2D eigenvalue weighted by Gasteiger charge is -2.20. The summed E-state index contributed by atoms with van der Waals surface area (Å²) in [6.07, 6.45) is 5.35. The van der Waals surface area contributed by atoms with Gasteiger partial charge in [-0.3, -0.25) is 0 Å². The molecule has 0 aromatic carbocycles. The smallest absolute Gasteiger partial charge is 0.0618 e. The Morgan fingerprint density at radius 1 is 1.33 bits per heavy atom. The maximum absolute atomic E-state index is 5.24. The number of ether oxygens (including phenoxy) is 1. The molecule has 15 heavy (non-hydrogen) atoms. The predicted molar refractivity (Wildman–Crippen MR) is 65.1 cm³/mol. The first-order valence-corrected chi connectivity index (χ1v) is 6.25. The Morgan fingerprint density at radius 3 is 2.47 bits per heavy atom. The number of methoxy groups -OCH3 is 1. The molecule has 0 amide bonds. The zero-order valence-electron chi connectivity index (χ0n) is 10.8. The summed E-state index contributed by atoms with van der Waals surface area (Å²) in [5, 5.41) is 3.63. The fourth-order valence-corrected chi connectivity index (χ4v) is 1.95. The Morgan fingerprint density at radius 2 is 2.00 bits per heavy atom. The molecule has 1 saturated carbocycles. The molecule has 1 aliphatic carbocycles. The average Bonchev–Trinajstić information content (AvgIpc) is 2.91. The van der Waals surface area contributed by atoms with Crippen LogP contribution in [0.1, 0.15) is 46.5 Å². The maximum atomic E-state index is 5.24. The molecule has 0 spiro atoms. The van der Waals surface area contributed by atoms with Gasteiger partial charge >= 0.3 is 0 Å². The molecule has 90 valence electrons. The topological polar surface area (TPSA) is 21.3 Å². The minimum Gasteiger partial charge on any atom is -0.383 e. The van der Waals surface area contributed by atoms with E-state index in [1.165, 1.54) is 25.7 Å². The molecule has 2 nitrogen and oxygen atoms in total. The molecular weight excluding hydrogens is 186 g/mol. The van der Waals surface area contributed by atoms with E-state index in [0.717, 1.165) is 19.1 Å². The highest BCUT2D eigenvalue weighted by Gasteiger charge is 2.30. The molecule has 1 aliphatic rings. The van der Waals surface area contributed by atoms with Crippen molar-refractivity contribution in [1.82, 2.24) is 5.32 Å². The van der Waals surface area contributed by atoms with Crippen LogP contribution in [0.25, 0.3) is 0 Å². The third-order valence-electron chi connectivity index (χ3n) is 3.05. The molecule has 0 aromatic rings. The van der Waals surface area contributed by atoms with Gasteiger partial charge in [0.1, 0.15) is 0 Å². The molecule has 1 atom stereocenters. The minimum atomic E-state index is 0.470. The van der Waals surface area contributed by atoms with Crippen molar-refractivity contribution in [2.24, 2.45) is 11.3 Å². The molecule has 1 fully saturated rings. The van der Waals surface area contributed by atoms with Crippen molar-refractivity contribution in [2.75, 3.05) is 20.3 Å². The third-order valence-corrected chi connectivity index (χ3v) is 3.05. The summed E-state index contributed by atoms with van der Waals surface area (Å²) in [6, 6.07) is 0.606. The van der Waals surface area contributed by atoms with Gasteiger partial charge in [-0.15, -0.1) is 0 Å². The van der Waals surface area contributed by atoms with Crippen molar-refractivity contribution in [1.29, 1.82) is 0 Å². The second-order valence-corrected chi connectivity index (χ2v) is 6.02. The SMILES string of the molecule is COCC(NCCCC(C)(C)C)C1CC1. The van der Waals surface area contributed by atoms with E-state index in [1.807, 2.05) is 0 Å². The first kappa shape index (κ1) is 13.0. The van der Waals surface area contributed by atoms with Crippen LogP contribution in [0.2, 0.25) is 0 Å². The Labute approximate surface area is 94.8 Å². The van der Waals surface area contributed by atoms with E-state index in [4.69, 9.17) is 4.74 Å². The van der Waals surface area contributed by atoms with Gasteiger partial charge in [0.2, 0.25) is 0 Å². The second kappa shape index (κ2) is 5.86. The number of hydrogen-bond acceptors (Lipinski definition) is 2. The Bertz CT molecular complexity index is 170. The highest BCUT2D eigenvalue weighted by atomic mass is 16.5. The standard InChI is InChI=1S/C13H27NO/c1-13(2,3)8-5-9-14-12(10-15-4)11-6-7-11/h11-12,14H,5-10H2,1-4H3. The van der Waals surface area contributed by atoms with E-state index in [1.54, 1.807) is 7.11 Å². The molecule has 0 saturated heterocycles. The van der Waals surface area contributed by atoms with Gasteiger partial charge < -0.3 is 10.1 Å². The summed E-state index contributed by atoms with van der Waals surface area (Å²) in [5.41, 5.74) is 0.470. The molecule has 1 unspecified atom stereocenters. The largest absolute Gasteiger partial charge is 0.383 e. The van der Waals surface area contributed by atoms with Crippen LogP contribution in [0.3, 0.4) is 0 Å². The van der Waals surface area contributed by atoms with Gasteiger partial charge in [-0.2, -0.15) is 0 Å². The number of hydrogen-bond donors (Lipinski definition) is 1. The summed E-state index contributed by atoms with van der Waals surface area (Å²) in [7, 11) is 1.80. The molecule has 0 aromatic heterocycles. The van der Waals surface area contributed by atoms with E-state index in [0.29, 0.717) is 11.5 Å². The summed E-state index contributed by atoms with van der Waals surface area (Å²) in [6.45, 7) is 8.93. The Kier molecular flexibility index (Phi) is 5.07. The van der Waals surface area contributed by atoms with Gasteiger partial charge in [0.25, 0.3) is 0 Å². The summed E-state index contributed by atoms with van der Waals surface area (Å²) < 4.78 is 5.24. The van der Waals surface area contributed by atoms with Crippen LogP contribution in [0.4, 0.5) is 0 Å². The second-order valence-electron chi connectivity index (χ2n) is 6.02. The third kappa shape index (κ3) is 6.16. The number of rotatable bonds is 7. The fraction of sp³-hybridized carbons (Fsp3) is 1.00. The minimum absolute atomic E-state index is 0.470. The van der Waals surface area contributed by atoms with Crippen LogP contribution < -0.4 is 5.32 Å². The van der Waals surface area contributed by atoms with Gasteiger partial charge in [0.05, 0.1) is 6.61 Å². The first-order valence-electron chi connectivity index (χ1n) is 6.25. The lowest BCUT2D eigenvalue weighted by Crippen LogP contribution is -2.36. The fourth-order valence-electron chi connectivity index (χ4n) is 1.95. The van der Waals surface area contributed by atoms with Gasteiger partial charge in [0, 0.05) is 13.2 Å². The van der Waals surface area contributed by atoms with Crippen LogP contribution in [-0.4, -0.2) is 26.3 Å². The van der Waals surface area contributed by atoms with Crippen molar-refractivity contribution in [3.05, 3.63) is 0 Å². The molecule has 2 heteroatoms. The van der Waals surface area contributed by atoms with Crippen molar-refractivity contribution in [3.63, 3.8) is 0 Å². The summed E-state index contributed by atoms with van der Waals surface area (Å²) in [4.78, 5) is 0. The zero-order chi connectivity index (χ0) is 11.3. The van der Waals surface area contributed by atoms with Crippen LogP contribution >= 0.6 is 0 Å². The molecule has 0 radical (unpaired) electrons. The van der Waals surface area contributed by atoms with Crippen LogP contribution in [-0.2, 0) is 4.74 Å². The lowest BCUT2D eigenvalue weighted by atomic mass is 9.90. The van der Waals surface area contributed by atoms with Crippen molar-refractivity contribution in [2.45, 2.75) is 52.5 Å². The van der Waals surface area contributed by atoms with Gasteiger partial charge in [-0.05, 0) is 43.6 Å². The van der Waals surface area contributed by atoms with E-state index in [9.17, 15) is 0 Å². The Hall–Kier alpha value is -0.0800. The zero-order valence-corrected chi connectivity index (χ0v) is 10.8. The van der Waals surface area contributed by atoms with Gasteiger partial charge in [0.15, 0.2) is 0 Å². The first-order chi connectivity index (χ1) is 7.03. The van der Waals surface area contributed by atoms with E-state index >= 15 is 0 Å². The molecule has 0 aliphatic heterocycles. The monoisotopic (exact) mass is 213 g/mol. The predicted octanol–water partition coefficient (Wildman–Crippen LogP) is 2.83. The van der Waals surface area contributed by atoms with Gasteiger partial charge in [-0.1, -0.05) is 20.8 Å². The van der Waals surface area contributed by atoms with E-state index in [-0.39, 0.29) is 0 Å². The molecule has 0 heterocycles. The lowest BCUT2D eigenvalue weighted by molar-refractivity contribution is 0.157. The van der Waals surface area contributed by atoms with Crippen LogP contribution in [0.5, 0.6) is 0 Å². The normalized spacial score (nSPS) is 19.2. The average molecular weight is 213 g/mol. The highest BCUT2D eigenvalue weighted by molar-refractivity contribution is 4.86. The van der Waals surface area contributed by atoms with Crippen LogP contribution in [0.15, 0.2) is 0 Å². The van der Waals surface area contributed by atoms with Gasteiger partial charge in [-0.25, -0.2) is 0 Å². The summed E-state index contributed by atoms with van der Waals surface area (Å²) in [5.74, 6) is 0.889. The van der Waals surface area contributed by atoms with Crippen LogP contribution in [0, 0.1) is 11.3 Å². The van der Waals surface area contributed by atoms with Crippen molar-refractivity contribution >= 4 is 0 Å². The number of nitrogens with one attached hydrogen (secondary N) is 1.